The minimum absolute atomic E-state index is 0.171. The molecule has 0 aliphatic carbocycles. The summed E-state index contributed by atoms with van der Waals surface area (Å²) in [4.78, 5) is 11.1. The number of hydrogen-bond donors (Lipinski definition) is 1. The molecule has 0 unspecified atom stereocenters. The molecule has 0 aliphatic rings. The highest BCUT2D eigenvalue weighted by atomic mass is 35.7. The summed E-state index contributed by atoms with van der Waals surface area (Å²) in [6, 6.07) is 5.59. The average molecular weight is 294 g/mol. The number of aromatic nitrogens is 1. The van der Waals surface area contributed by atoms with E-state index < -0.39 is 20.2 Å². The van der Waals surface area contributed by atoms with Gasteiger partial charge in [-0.3, -0.25) is 0 Å². The molecule has 0 fully saturated rings. The van der Waals surface area contributed by atoms with Crippen LogP contribution in [0.5, 0.6) is 0 Å². The monoisotopic (exact) mass is 293 g/mol. The molecule has 2 aromatic rings. The van der Waals surface area contributed by atoms with Crippen molar-refractivity contribution in [2.75, 3.05) is 0 Å². The van der Waals surface area contributed by atoms with Crippen LogP contribution in [0.15, 0.2) is 29.3 Å². The van der Waals surface area contributed by atoms with Crippen LogP contribution in [0, 0.1) is 0 Å². The molecule has 0 bridgehead atoms. The number of halogens is 2. The lowest BCUT2D eigenvalue weighted by Gasteiger charge is -2.01. The first-order valence-electron chi connectivity index (χ1n) is 4.29. The number of nitrogens with zero attached hydrogens (tertiary/aromatic N) is 1. The van der Waals surface area contributed by atoms with Crippen molar-refractivity contribution >= 4 is 48.3 Å². The Morgan fingerprint density at radius 3 is 2.47 bits per heavy atom. The van der Waals surface area contributed by atoms with Gasteiger partial charge in [0.05, 0.1) is 5.52 Å². The van der Waals surface area contributed by atoms with Crippen LogP contribution in [-0.4, -0.2) is 24.2 Å². The van der Waals surface area contributed by atoms with Crippen molar-refractivity contribution in [3.8, 4) is 0 Å². The van der Waals surface area contributed by atoms with Gasteiger partial charge in [0.25, 0.3) is 9.05 Å². The second-order valence-corrected chi connectivity index (χ2v) is 6.19. The van der Waals surface area contributed by atoms with E-state index in [1.54, 1.807) is 0 Å². The lowest BCUT2D eigenvalue weighted by atomic mass is 10.2. The van der Waals surface area contributed by atoms with Crippen molar-refractivity contribution in [1.82, 2.24) is 4.57 Å². The number of fused-ring (bicyclic) bond motifs is 1. The number of rotatable bonds is 1. The van der Waals surface area contributed by atoms with E-state index in [0.29, 0.717) is 15.0 Å². The van der Waals surface area contributed by atoms with Crippen molar-refractivity contribution in [2.24, 2.45) is 0 Å². The standard InChI is InChI=1S/C9H5Cl2NO4S/c10-6-2-1-5-3-8(17(11,15)16)12(9(13)14)7(5)4-6/h1-4H,(H,13,14). The summed E-state index contributed by atoms with van der Waals surface area (Å²) in [6.07, 6.45) is -1.44. The third-order valence-corrected chi connectivity index (χ3v) is 3.68. The highest BCUT2D eigenvalue weighted by Gasteiger charge is 2.23. The van der Waals surface area contributed by atoms with Crippen LogP contribution in [0.3, 0.4) is 0 Å². The van der Waals surface area contributed by atoms with E-state index in [2.05, 4.69) is 0 Å². The summed E-state index contributed by atoms with van der Waals surface area (Å²) < 4.78 is 23.1. The van der Waals surface area contributed by atoms with Gasteiger partial charge in [-0.2, -0.15) is 0 Å². The first kappa shape index (κ1) is 12.2. The van der Waals surface area contributed by atoms with Crippen LogP contribution in [-0.2, 0) is 9.05 Å². The molecule has 0 saturated carbocycles. The Hall–Kier alpha value is -1.24. The summed E-state index contributed by atoms with van der Waals surface area (Å²) in [5.74, 6) is 0. The van der Waals surface area contributed by atoms with Gasteiger partial charge in [-0.15, -0.1) is 0 Å². The van der Waals surface area contributed by atoms with Crippen LogP contribution in [0.4, 0.5) is 4.79 Å². The Labute approximate surface area is 106 Å². The fraction of sp³-hybridized carbons (Fsp3) is 0. The quantitative estimate of drug-likeness (QED) is 0.820. The van der Waals surface area contributed by atoms with E-state index in [0.717, 1.165) is 0 Å². The van der Waals surface area contributed by atoms with Gasteiger partial charge in [0.2, 0.25) is 0 Å². The molecule has 17 heavy (non-hydrogen) atoms. The van der Waals surface area contributed by atoms with Crippen molar-refractivity contribution in [3.63, 3.8) is 0 Å². The molecule has 0 radical (unpaired) electrons. The first-order valence-corrected chi connectivity index (χ1v) is 6.98. The number of benzene rings is 1. The van der Waals surface area contributed by atoms with Gasteiger partial charge in [0.1, 0.15) is 0 Å². The Bertz CT molecular complexity index is 720. The molecule has 0 atom stereocenters. The number of carbonyl (C=O) groups is 1. The molecule has 1 aromatic heterocycles. The summed E-state index contributed by atoms with van der Waals surface area (Å²) in [5, 5.41) is 9.24. The van der Waals surface area contributed by atoms with Gasteiger partial charge >= 0.3 is 6.09 Å². The van der Waals surface area contributed by atoms with Crippen LogP contribution in [0.2, 0.25) is 5.02 Å². The molecule has 1 N–H and O–H groups in total. The van der Waals surface area contributed by atoms with Crippen molar-refractivity contribution in [3.05, 3.63) is 29.3 Å². The van der Waals surface area contributed by atoms with E-state index in [-0.39, 0.29) is 5.52 Å². The molecule has 1 aromatic carbocycles. The lowest BCUT2D eigenvalue weighted by molar-refractivity contribution is 0.195. The van der Waals surface area contributed by atoms with Crippen molar-refractivity contribution in [2.45, 2.75) is 5.03 Å². The third-order valence-electron chi connectivity index (χ3n) is 2.17. The smallest absolute Gasteiger partial charge is 0.417 e. The Balaban J connectivity index is 2.96. The lowest BCUT2D eigenvalue weighted by Crippen LogP contribution is -2.12. The Morgan fingerprint density at radius 2 is 1.94 bits per heavy atom. The molecule has 2 rings (SSSR count). The fourth-order valence-electron chi connectivity index (χ4n) is 1.53. The van der Waals surface area contributed by atoms with E-state index in [1.807, 2.05) is 0 Å². The SMILES string of the molecule is O=C(O)n1c(S(=O)(=O)Cl)cc2ccc(Cl)cc21. The average Bonchev–Trinajstić information content (AvgIpc) is 2.55. The zero-order valence-corrected chi connectivity index (χ0v) is 10.4. The van der Waals surface area contributed by atoms with E-state index in [1.165, 1.54) is 24.3 Å². The normalized spacial score (nSPS) is 11.9. The zero-order valence-electron chi connectivity index (χ0n) is 8.09. The van der Waals surface area contributed by atoms with Crippen LogP contribution >= 0.6 is 22.3 Å². The van der Waals surface area contributed by atoms with Gasteiger partial charge in [-0.25, -0.2) is 17.8 Å². The van der Waals surface area contributed by atoms with Crippen LogP contribution in [0.25, 0.3) is 10.9 Å². The maximum atomic E-state index is 11.3. The molecule has 0 amide bonds. The summed E-state index contributed by atoms with van der Waals surface area (Å²) in [6.45, 7) is 0. The van der Waals surface area contributed by atoms with Gasteiger partial charge in [0.15, 0.2) is 5.03 Å². The highest BCUT2D eigenvalue weighted by molar-refractivity contribution is 8.13. The van der Waals surface area contributed by atoms with Crippen LogP contribution in [0.1, 0.15) is 0 Å². The molecule has 0 spiro atoms. The van der Waals surface area contributed by atoms with Gasteiger partial charge in [-0.1, -0.05) is 17.7 Å². The van der Waals surface area contributed by atoms with Crippen molar-refractivity contribution in [1.29, 1.82) is 0 Å². The second kappa shape index (κ2) is 3.90. The van der Waals surface area contributed by atoms with Gasteiger partial charge < -0.3 is 5.11 Å². The third kappa shape index (κ3) is 2.11. The summed E-state index contributed by atoms with van der Waals surface area (Å²) in [7, 11) is 1.03. The molecule has 8 heteroatoms. The van der Waals surface area contributed by atoms with E-state index >= 15 is 0 Å². The zero-order chi connectivity index (χ0) is 12.8. The van der Waals surface area contributed by atoms with E-state index in [4.69, 9.17) is 27.4 Å². The first-order chi connectivity index (χ1) is 7.80. The molecule has 1 heterocycles. The van der Waals surface area contributed by atoms with E-state index in [9.17, 15) is 13.2 Å². The Morgan fingerprint density at radius 1 is 1.29 bits per heavy atom. The second-order valence-electron chi connectivity index (χ2n) is 3.24. The molecular formula is C9H5Cl2NO4S. The van der Waals surface area contributed by atoms with Crippen molar-refractivity contribution < 1.29 is 18.3 Å². The maximum absolute atomic E-state index is 11.3. The molecular weight excluding hydrogens is 289 g/mol. The maximum Gasteiger partial charge on any atom is 0.417 e. The molecule has 90 valence electrons. The largest absolute Gasteiger partial charge is 0.464 e. The summed E-state index contributed by atoms with van der Waals surface area (Å²) >= 11 is 5.73. The topological polar surface area (TPSA) is 76.4 Å². The van der Waals surface area contributed by atoms with Crippen LogP contribution < -0.4 is 0 Å². The number of carboxylic acid groups (broad SMARTS) is 1. The fourth-order valence-corrected chi connectivity index (χ4v) is 2.69. The number of hydrogen-bond acceptors (Lipinski definition) is 3. The molecule has 5 nitrogen and oxygen atoms in total. The molecule has 0 saturated heterocycles. The summed E-state index contributed by atoms with van der Waals surface area (Å²) in [5.41, 5.74) is 0.171. The minimum Gasteiger partial charge on any atom is -0.464 e. The predicted octanol–water partition coefficient (Wildman–Crippen LogP) is 2.75. The van der Waals surface area contributed by atoms with Gasteiger partial charge in [0, 0.05) is 21.1 Å². The predicted molar refractivity (Wildman–Crippen MR) is 63.4 cm³/mol. The Kier molecular flexibility index (Phi) is 2.81. The minimum atomic E-state index is -4.14. The molecule has 0 aliphatic heterocycles. The van der Waals surface area contributed by atoms with Gasteiger partial charge in [-0.05, 0) is 18.2 Å². The highest BCUT2D eigenvalue weighted by Crippen LogP contribution is 2.27.